The van der Waals surface area contributed by atoms with Crippen molar-refractivity contribution in [1.29, 1.82) is 0 Å². The molecule has 2 aromatic carbocycles. The molecule has 1 aliphatic rings. The summed E-state index contributed by atoms with van der Waals surface area (Å²) in [5, 5.41) is 12.8. The molecule has 23 heavy (non-hydrogen) atoms. The number of rotatable bonds is 6. The first kappa shape index (κ1) is 16.0. The van der Waals surface area contributed by atoms with Gasteiger partial charge in [0, 0.05) is 5.56 Å². The largest absolute Gasteiger partial charge is 0.508 e. The first-order chi connectivity index (χ1) is 11.3. The van der Waals surface area contributed by atoms with Crippen LogP contribution in [-0.4, -0.2) is 30.9 Å². The van der Waals surface area contributed by atoms with E-state index >= 15 is 0 Å². The summed E-state index contributed by atoms with van der Waals surface area (Å²) in [5.74, 6) is 0.252. The van der Waals surface area contributed by atoms with Crippen LogP contribution < -0.4 is 5.32 Å². The molecule has 0 radical (unpaired) electrons. The van der Waals surface area contributed by atoms with Crippen LogP contribution in [-0.2, 0) is 15.9 Å². The number of hydrogen-bond donors (Lipinski definition) is 2. The maximum atomic E-state index is 9.31. The standard InChI is InChI=1S/C19H23NO3/c21-18-10-8-16(9-11-18)19-22-13-17(14-23-19)20-12-4-7-15-5-2-1-3-6-15/h1-3,5-6,8-11,17,19-21H,4,7,12-14H2/t17-,19-. The molecule has 0 unspecified atom stereocenters. The zero-order chi connectivity index (χ0) is 15.9. The number of hydrogen-bond acceptors (Lipinski definition) is 4. The molecular formula is C19H23NO3. The average molecular weight is 313 g/mol. The summed E-state index contributed by atoms with van der Waals surface area (Å²) in [6.07, 6.45) is 1.85. The normalized spacial score (nSPS) is 21.2. The Morgan fingerprint density at radius 2 is 1.65 bits per heavy atom. The van der Waals surface area contributed by atoms with E-state index in [4.69, 9.17) is 9.47 Å². The lowest BCUT2D eigenvalue weighted by Gasteiger charge is -2.30. The van der Waals surface area contributed by atoms with E-state index in [1.165, 1.54) is 5.56 Å². The molecule has 4 nitrogen and oxygen atoms in total. The molecule has 1 heterocycles. The van der Waals surface area contributed by atoms with Gasteiger partial charge in [0.1, 0.15) is 5.75 Å². The van der Waals surface area contributed by atoms with Crippen molar-refractivity contribution in [3.8, 4) is 5.75 Å². The average Bonchev–Trinajstić information content (AvgIpc) is 2.61. The first-order valence-corrected chi connectivity index (χ1v) is 8.11. The number of phenolic OH excluding ortho intramolecular Hbond substituents is 1. The third kappa shape index (κ3) is 4.79. The van der Waals surface area contributed by atoms with Crippen molar-refractivity contribution in [3.05, 3.63) is 65.7 Å². The molecule has 0 saturated carbocycles. The number of nitrogens with one attached hydrogen (secondary N) is 1. The maximum absolute atomic E-state index is 9.31. The Balaban J connectivity index is 1.35. The summed E-state index contributed by atoms with van der Waals surface area (Å²) in [4.78, 5) is 0. The topological polar surface area (TPSA) is 50.7 Å². The molecular weight excluding hydrogens is 290 g/mol. The van der Waals surface area contributed by atoms with E-state index in [9.17, 15) is 5.11 Å². The van der Waals surface area contributed by atoms with E-state index in [2.05, 4.69) is 29.6 Å². The van der Waals surface area contributed by atoms with Gasteiger partial charge < -0.3 is 19.9 Å². The summed E-state index contributed by atoms with van der Waals surface area (Å²) in [6, 6.07) is 17.7. The Labute approximate surface area is 137 Å². The highest BCUT2D eigenvalue weighted by Crippen LogP contribution is 2.24. The lowest BCUT2D eigenvalue weighted by molar-refractivity contribution is -0.194. The molecule has 4 heteroatoms. The molecule has 0 aliphatic carbocycles. The monoisotopic (exact) mass is 313 g/mol. The molecule has 1 saturated heterocycles. The van der Waals surface area contributed by atoms with Gasteiger partial charge in [-0.15, -0.1) is 0 Å². The van der Waals surface area contributed by atoms with Gasteiger partial charge in [-0.3, -0.25) is 0 Å². The van der Waals surface area contributed by atoms with E-state index in [0.29, 0.717) is 13.2 Å². The molecule has 1 fully saturated rings. The highest BCUT2D eigenvalue weighted by Gasteiger charge is 2.22. The third-order valence-corrected chi connectivity index (χ3v) is 3.98. The minimum atomic E-state index is -0.335. The van der Waals surface area contributed by atoms with Crippen LogP contribution in [0.5, 0.6) is 5.75 Å². The highest BCUT2D eigenvalue weighted by molar-refractivity contribution is 5.26. The van der Waals surface area contributed by atoms with Crippen molar-refractivity contribution in [2.75, 3.05) is 19.8 Å². The fourth-order valence-electron chi connectivity index (χ4n) is 2.69. The van der Waals surface area contributed by atoms with Crippen molar-refractivity contribution >= 4 is 0 Å². The van der Waals surface area contributed by atoms with Crippen LogP contribution in [0.3, 0.4) is 0 Å². The Hall–Kier alpha value is -1.88. The second kappa shape index (κ2) is 8.11. The summed E-state index contributed by atoms with van der Waals surface area (Å²) >= 11 is 0. The number of benzene rings is 2. The van der Waals surface area contributed by atoms with Gasteiger partial charge in [-0.1, -0.05) is 42.5 Å². The van der Waals surface area contributed by atoms with E-state index in [0.717, 1.165) is 24.9 Å². The van der Waals surface area contributed by atoms with Gasteiger partial charge in [0.2, 0.25) is 0 Å². The Morgan fingerprint density at radius 3 is 2.35 bits per heavy atom. The van der Waals surface area contributed by atoms with Crippen LogP contribution in [0.1, 0.15) is 23.8 Å². The van der Waals surface area contributed by atoms with Gasteiger partial charge in [-0.05, 0) is 37.1 Å². The molecule has 0 spiro atoms. The summed E-state index contributed by atoms with van der Waals surface area (Å²) < 4.78 is 11.5. The van der Waals surface area contributed by atoms with Crippen molar-refractivity contribution in [3.63, 3.8) is 0 Å². The number of ether oxygens (including phenoxy) is 2. The minimum absolute atomic E-state index is 0.235. The van der Waals surface area contributed by atoms with E-state index in [1.807, 2.05) is 18.2 Å². The van der Waals surface area contributed by atoms with Gasteiger partial charge in [-0.2, -0.15) is 0 Å². The van der Waals surface area contributed by atoms with Crippen LogP contribution in [0.15, 0.2) is 54.6 Å². The maximum Gasteiger partial charge on any atom is 0.183 e. The summed E-state index contributed by atoms with van der Waals surface area (Å²) in [6.45, 7) is 2.23. The van der Waals surface area contributed by atoms with Crippen LogP contribution in [0.4, 0.5) is 0 Å². The molecule has 0 amide bonds. The Kier molecular flexibility index (Phi) is 5.64. The summed E-state index contributed by atoms with van der Waals surface area (Å²) in [5.41, 5.74) is 2.31. The van der Waals surface area contributed by atoms with Gasteiger partial charge in [0.05, 0.1) is 19.3 Å². The van der Waals surface area contributed by atoms with Crippen molar-refractivity contribution < 1.29 is 14.6 Å². The van der Waals surface area contributed by atoms with E-state index < -0.39 is 0 Å². The van der Waals surface area contributed by atoms with Crippen LogP contribution in [0.25, 0.3) is 0 Å². The van der Waals surface area contributed by atoms with Gasteiger partial charge in [0.15, 0.2) is 6.29 Å². The molecule has 2 aromatic rings. The predicted molar refractivity (Wildman–Crippen MR) is 89.3 cm³/mol. The number of aryl methyl sites for hydroxylation is 1. The fraction of sp³-hybridized carbons (Fsp3) is 0.368. The van der Waals surface area contributed by atoms with Crippen LogP contribution in [0, 0.1) is 0 Å². The SMILES string of the molecule is Oc1ccc([C@H]2OC[C@H](NCCCc3ccccc3)CO2)cc1. The first-order valence-electron chi connectivity index (χ1n) is 8.11. The van der Waals surface area contributed by atoms with E-state index in [1.54, 1.807) is 12.1 Å². The van der Waals surface area contributed by atoms with Crippen LogP contribution in [0.2, 0.25) is 0 Å². The molecule has 1 aliphatic heterocycles. The Morgan fingerprint density at radius 1 is 0.957 bits per heavy atom. The molecule has 122 valence electrons. The molecule has 0 aromatic heterocycles. The molecule has 0 atom stereocenters. The van der Waals surface area contributed by atoms with Crippen molar-refractivity contribution in [1.82, 2.24) is 5.32 Å². The quantitative estimate of drug-likeness (QED) is 0.805. The smallest absolute Gasteiger partial charge is 0.183 e. The molecule has 3 rings (SSSR count). The van der Waals surface area contributed by atoms with Crippen molar-refractivity contribution in [2.24, 2.45) is 0 Å². The zero-order valence-electron chi connectivity index (χ0n) is 13.2. The van der Waals surface area contributed by atoms with Gasteiger partial charge in [-0.25, -0.2) is 0 Å². The third-order valence-electron chi connectivity index (χ3n) is 3.98. The molecule has 0 bridgehead atoms. The summed E-state index contributed by atoms with van der Waals surface area (Å²) in [7, 11) is 0. The lowest BCUT2D eigenvalue weighted by Crippen LogP contribution is -2.42. The Bertz CT molecular complexity index is 577. The van der Waals surface area contributed by atoms with Crippen LogP contribution >= 0.6 is 0 Å². The van der Waals surface area contributed by atoms with E-state index in [-0.39, 0.29) is 18.1 Å². The minimum Gasteiger partial charge on any atom is -0.508 e. The van der Waals surface area contributed by atoms with Gasteiger partial charge >= 0.3 is 0 Å². The molecule has 2 N–H and O–H groups in total. The number of phenols is 1. The van der Waals surface area contributed by atoms with Crippen molar-refractivity contribution in [2.45, 2.75) is 25.2 Å². The zero-order valence-corrected chi connectivity index (χ0v) is 13.2. The second-order valence-electron chi connectivity index (χ2n) is 5.83. The second-order valence-corrected chi connectivity index (χ2v) is 5.83. The predicted octanol–water partition coefficient (Wildman–Crippen LogP) is 3.03. The lowest BCUT2D eigenvalue weighted by atomic mass is 10.1. The van der Waals surface area contributed by atoms with Gasteiger partial charge in [0.25, 0.3) is 0 Å². The fourth-order valence-corrected chi connectivity index (χ4v) is 2.69. The number of aromatic hydroxyl groups is 1. The highest BCUT2D eigenvalue weighted by atomic mass is 16.7.